The van der Waals surface area contributed by atoms with Crippen LogP contribution in [-0.4, -0.2) is 56.3 Å². The highest BCUT2D eigenvalue weighted by atomic mass is 127. The van der Waals surface area contributed by atoms with Crippen LogP contribution in [0.3, 0.4) is 0 Å². The van der Waals surface area contributed by atoms with E-state index in [1.54, 1.807) is 13.3 Å². The lowest BCUT2D eigenvalue weighted by molar-refractivity contribution is 0.115. The number of ether oxygens (including phenoxy) is 2. The molecule has 1 N–H and O–H groups in total. The van der Waals surface area contributed by atoms with Crippen LogP contribution >= 0.6 is 24.0 Å². The van der Waals surface area contributed by atoms with Crippen molar-refractivity contribution in [2.75, 3.05) is 40.5 Å². The number of aliphatic imine (C=N–C) groups is 1. The molecule has 1 aromatic rings. The summed E-state index contributed by atoms with van der Waals surface area (Å²) in [4.78, 5) is 11.0. The minimum atomic E-state index is 0. The smallest absolute Gasteiger partial charge is 0.218 e. The molecule has 1 saturated carbocycles. The second-order valence-electron chi connectivity index (χ2n) is 5.78. The van der Waals surface area contributed by atoms with Gasteiger partial charge in [-0.3, -0.25) is 0 Å². The standard InChI is InChI=1S/C17H28N4O2.HI/c1-4-18-17(21(2)10-11-23-13-14-7-8-14)20-12-15-6-5-9-19-16(15)22-3;/h5-6,9,14H,4,7-8,10-13H2,1-3H3,(H,18,20);1H. The Kier molecular flexibility index (Phi) is 10.0. The van der Waals surface area contributed by atoms with Gasteiger partial charge in [0, 0.05) is 38.5 Å². The molecule has 24 heavy (non-hydrogen) atoms. The van der Waals surface area contributed by atoms with Crippen molar-refractivity contribution in [1.82, 2.24) is 15.2 Å². The van der Waals surface area contributed by atoms with Crippen LogP contribution in [0.2, 0.25) is 0 Å². The molecule has 0 aromatic carbocycles. The summed E-state index contributed by atoms with van der Waals surface area (Å²) in [7, 11) is 3.66. The summed E-state index contributed by atoms with van der Waals surface area (Å²) in [5.41, 5.74) is 0.976. The highest BCUT2D eigenvalue weighted by Gasteiger charge is 2.21. The van der Waals surface area contributed by atoms with Gasteiger partial charge in [-0.05, 0) is 31.7 Å². The molecule has 0 atom stereocenters. The third-order valence-corrected chi connectivity index (χ3v) is 3.76. The molecular weight excluding hydrogens is 419 g/mol. The van der Waals surface area contributed by atoms with Gasteiger partial charge in [-0.25, -0.2) is 9.98 Å². The molecule has 1 aliphatic rings. The Hall–Kier alpha value is -1.09. The SMILES string of the molecule is CCNC(=NCc1cccnc1OC)N(C)CCOCC1CC1.I. The molecule has 0 saturated heterocycles. The van der Waals surface area contributed by atoms with Crippen molar-refractivity contribution in [3.63, 3.8) is 0 Å². The summed E-state index contributed by atoms with van der Waals surface area (Å²) in [5, 5.41) is 3.31. The van der Waals surface area contributed by atoms with Crippen LogP contribution in [0.25, 0.3) is 0 Å². The number of likely N-dealkylation sites (N-methyl/N-ethyl adjacent to an activating group) is 1. The summed E-state index contributed by atoms with van der Waals surface area (Å²) in [6.45, 7) is 5.88. The highest BCUT2D eigenvalue weighted by Crippen LogP contribution is 2.28. The monoisotopic (exact) mass is 448 g/mol. The number of hydrogen-bond donors (Lipinski definition) is 1. The summed E-state index contributed by atoms with van der Waals surface area (Å²) in [6.07, 6.45) is 4.38. The number of halogens is 1. The fraction of sp³-hybridized carbons (Fsp3) is 0.647. The first-order valence-electron chi connectivity index (χ1n) is 8.29. The lowest BCUT2D eigenvalue weighted by atomic mass is 10.3. The largest absolute Gasteiger partial charge is 0.481 e. The maximum absolute atomic E-state index is 5.70. The first-order chi connectivity index (χ1) is 11.2. The third-order valence-electron chi connectivity index (χ3n) is 3.76. The van der Waals surface area contributed by atoms with Gasteiger partial charge in [-0.1, -0.05) is 6.07 Å². The number of nitrogens with zero attached hydrogens (tertiary/aromatic N) is 3. The molecule has 6 nitrogen and oxygen atoms in total. The molecule has 0 bridgehead atoms. The van der Waals surface area contributed by atoms with Gasteiger partial charge in [0.2, 0.25) is 5.88 Å². The molecule has 136 valence electrons. The first kappa shape index (κ1) is 21.0. The molecule has 0 unspecified atom stereocenters. The zero-order valence-electron chi connectivity index (χ0n) is 14.8. The Balaban J connectivity index is 0.00000288. The number of guanidine groups is 1. The zero-order chi connectivity index (χ0) is 16.5. The number of methoxy groups -OCH3 is 1. The van der Waals surface area contributed by atoms with Gasteiger partial charge in [0.25, 0.3) is 0 Å². The minimum absolute atomic E-state index is 0. The van der Waals surface area contributed by atoms with Gasteiger partial charge in [-0.15, -0.1) is 24.0 Å². The average Bonchev–Trinajstić information content (AvgIpc) is 3.39. The van der Waals surface area contributed by atoms with Crippen LogP contribution in [0.5, 0.6) is 5.88 Å². The molecule has 1 fully saturated rings. The van der Waals surface area contributed by atoms with Gasteiger partial charge >= 0.3 is 0 Å². The van der Waals surface area contributed by atoms with Crippen LogP contribution in [0.15, 0.2) is 23.3 Å². The molecule has 2 rings (SSSR count). The van der Waals surface area contributed by atoms with Gasteiger partial charge in [0.1, 0.15) is 0 Å². The van der Waals surface area contributed by atoms with Gasteiger partial charge in [0.15, 0.2) is 5.96 Å². The highest BCUT2D eigenvalue weighted by molar-refractivity contribution is 14.0. The van der Waals surface area contributed by atoms with Crippen molar-refractivity contribution in [2.45, 2.75) is 26.3 Å². The van der Waals surface area contributed by atoms with E-state index in [9.17, 15) is 0 Å². The minimum Gasteiger partial charge on any atom is -0.481 e. The number of nitrogens with one attached hydrogen (secondary N) is 1. The van der Waals surface area contributed by atoms with Crippen molar-refractivity contribution < 1.29 is 9.47 Å². The lowest BCUT2D eigenvalue weighted by Gasteiger charge is -2.22. The Labute approximate surface area is 162 Å². The molecule has 0 radical (unpaired) electrons. The Bertz CT molecular complexity index is 509. The van der Waals surface area contributed by atoms with Gasteiger partial charge < -0.3 is 19.7 Å². The van der Waals surface area contributed by atoms with E-state index in [4.69, 9.17) is 9.47 Å². The summed E-state index contributed by atoms with van der Waals surface area (Å²) < 4.78 is 11.0. The van der Waals surface area contributed by atoms with Gasteiger partial charge in [-0.2, -0.15) is 0 Å². The van der Waals surface area contributed by atoms with Crippen LogP contribution < -0.4 is 10.1 Å². The van der Waals surface area contributed by atoms with E-state index >= 15 is 0 Å². The number of rotatable bonds is 9. The number of pyridine rings is 1. The van der Waals surface area contributed by atoms with Crippen LogP contribution in [0.4, 0.5) is 0 Å². The van der Waals surface area contributed by atoms with E-state index in [-0.39, 0.29) is 24.0 Å². The Morgan fingerprint density at radius 1 is 1.46 bits per heavy atom. The van der Waals surface area contributed by atoms with Crippen LogP contribution in [-0.2, 0) is 11.3 Å². The lowest BCUT2D eigenvalue weighted by Crippen LogP contribution is -2.40. The van der Waals surface area contributed by atoms with Crippen molar-refractivity contribution in [3.8, 4) is 5.88 Å². The summed E-state index contributed by atoms with van der Waals surface area (Å²) >= 11 is 0. The second-order valence-corrected chi connectivity index (χ2v) is 5.78. The Morgan fingerprint density at radius 3 is 2.92 bits per heavy atom. The Morgan fingerprint density at radius 2 is 2.25 bits per heavy atom. The maximum atomic E-state index is 5.70. The predicted octanol–water partition coefficient (Wildman–Crippen LogP) is 2.53. The predicted molar refractivity (Wildman–Crippen MR) is 107 cm³/mol. The fourth-order valence-electron chi connectivity index (χ4n) is 2.20. The first-order valence-corrected chi connectivity index (χ1v) is 8.29. The van der Waals surface area contributed by atoms with Gasteiger partial charge in [0.05, 0.1) is 20.3 Å². The number of aromatic nitrogens is 1. The molecule has 1 aromatic heterocycles. The van der Waals surface area contributed by atoms with E-state index in [1.807, 2.05) is 19.2 Å². The third kappa shape index (κ3) is 7.21. The van der Waals surface area contributed by atoms with Crippen LogP contribution in [0.1, 0.15) is 25.3 Å². The maximum Gasteiger partial charge on any atom is 0.218 e. The normalized spacial score (nSPS) is 14.0. The molecule has 0 spiro atoms. The molecule has 1 heterocycles. The van der Waals surface area contributed by atoms with E-state index < -0.39 is 0 Å². The molecule has 0 aliphatic heterocycles. The zero-order valence-corrected chi connectivity index (χ0v) is 17.2. The molecule has 1 aliphatic carbocycles. The van der Waals surface area contributed by atoms with Crippen molar-refractivity contribution in [2.24, 2.45) is 10.9 Å². The molecular formula is C17H29IN4O2. The van der Waals surface area contributed by atoms with Crippen LogP contribution in [0, 0.1) is 5.92 Å². The van der Waals surface area contributed by atoms with E-state index in [0.717, 1.165) is 43.7 Å². The number of hydrogen-bond acceptors (Lipinski definition) is 4. The molecule has 0 amide bonds. The topological polar surface area (TPSA) is 59.0 Å². The quantitative estimate of drug-likeness (QED) is 0.272. The van der Waals surface area contributed by atoms with E-state index in [1.165, 1.54) is 12.8 Å². The van der Waals surface area contributed by atoms with Crippen molar-refractivity contribution >= 4 is 29.9 Å². The van der Waals surface area contributed by atoms with E-state index in [0.29, 0.717) is 12.4 Å². The average molecular weight is 448 g/mol. The van der Waals surface area contributed by atoms with Crippen molar-refractivity contribution in [3.05, 3.63) is 23.9 Å². The summed E-state index contributed by atoms with van der Waals surface area (Å²) in [5.74, 6) is 2.30. The summed E-state index contributed by atoms with van der Waals surface area (Å²) in [6, 6.07) is 3.88. The second kappa shape index (κ2) is 11.5. The molecule has 7 heteroatoms. The van der Waals surface area contributed by atoms with E-state index in [2.05, 4.69) is 27.1 Å². The fourth-order valence-corrected chi connectivity index (χ4v) is 2.20. The van der Waals surface area contributed by atoms with Crippen molar-refractivity contribution in [1.29, 1.82) is 0 Å².